The molecule has 5 nitrogen and oxygen atoms in total. The van der Waals surface area contributed by atoms with E-state index in [1.807, 2.05) is 4.90 Å². The average Bonchev–Trinajstić information content (AvgIpc) is 3.22. The van der Waals surface area contributed by atoms with E-state index in [0.717, 1.165) is 25.7 Å². The Morgan fingerprint density at radius 3 is 2.00 bits per heavy atom. The molecule has 2 atom stereocenters. The smallest absolute Gasteiger partial charge is 0.410 e. The Morgan fingerprint density at radius 1 is 0.871 bits per heavy atom. The maximum absolute atomic E-state index is 13.1. The highest BCUT2D eigenvalue weighted by Crippen LogP contribution is 2.45. The fourth-order valence-electron chi connectivity index (χ4n) is 6.11. The first kappa shape index (κ1) is 19.1. The number of rotatable bonds is 4. The van der Waals surface area contributed by atoms with Gasteiger partial charge in [-0.25, -0.2) is 4.79 Å². The van der Waals surface area contributed by atoms with Crippen molar-refractivity contribution in [3.05, 3.63) is 59.7 Å². The van der Waals surface area contributed by atoms with E-state index in [-0.39, 0.29) is 35.9 Å². The van der Waals surface area contributed by atoms with Crippen molar-refractivity contribution in [1.82, 2.24) is 4.90 Å². The van der Waals surface area contributed by atoms with Crippen molar-refractivity contribution in [2.24, 2.45) is 11.8 Å². The SMILES string of the molecule is O=C(C1COC1)C1CC2CCC(C1)N2C(=O)OCC1c2ccccc2-c2ccccc21. The second-order valence-electron chi connectivity index (χ2n) is 9.40. The number of fused-ring (bicyclic) bond motifs is 5. The summed E-state index contributed by atoms with van der Waals surface area (Å²) in [6, 6.07) is 17.0. The molecule has 3 saturated heterocycles. The second kappa shape index (κ2) is 7.49. The lowest BCUT2D eigenvalue weighted by molar-refractivity contribution is -0.143. The number of carbonyl (C=O) groups excluding carboxylic acids is 2. The molecule has 0 N–H and O–H groups in total. The quantitative estimate of drug-likeness (QED) is 0.740. The fraction of sp³-hybridized carbons (Fsp3) is 0.462. The molecule has 2 aromatic carbocycles. The van der Waals surface area contributed by atoms with E-state index in [2.05, 4.69) is 48.5 Å². The van der Waals surface area contributed by atoms with Crippen molar-refractivity contribution in [3.8, 4) is 11.1 Å². The van der Waals surface area contributed by atoms with Crippen LogP contribution >= 0.6 is 0 Å². The van der Waals surface area contributed by atoms with Crippen LogP contribution in [0.4, 0.5) is 4.79 Å². The summed E-state index contributed by atoms with van der Waals surface area (Å²) < 4.78 is 11.1. The minimum absolute atomic E-state index is 0.0732. The lowest BCUT2D eigenvalue weighted by atomic mass is 9.82. The van der Waals surface area contributed by atoms with E-state index in [1.165, 1.54) is 22.3 Å². The molecule has 2 bridgehead atoms. The Bertz CT molecular complexity index is 970. The molecule has 0 aromatic heterocycles. The number of carbonyl (C=O) groups is 2. The summed E-state index contributed by atoms with van der Waals surface area (Å²) in [7, 11) is 0. The van der Waals surface area contributed by atoms with Crippen LogP contribution in [0.5, 0.6) is 0 Å². The monoisotopic (exact) mass is 417 g/mol. The maximum atomic E-state index is 13.1. The van der Waals surface area contributed by atoms with Gasteiger partial charge in [0, 0.05) is 23.9 Å². The third kappa shape index (κ3) is 3.09. The minimum atomic E-state index is -0.216. The number of amides is 1. The molecule has 0 spiro atoms. The number of ketones is 1. The Labute approximate surface area is 182 Å². The lowest BCUT2D eigenvalue weighted by Crippen LogP contribution is -2.50. The highest BCUT2D eigenvalue weighted by Gasteiger charge is 2.47. The molecule has 3 heterocycles. The van der Waals surface area contributed by atoms with Gasteiger partial charge in [-0.3, -0.25) is 4.79 Å². The van der Waals surface area contributed by atoms with Gasteiger partial charge in [0.05, 0.1) is 19.1 Å². The summed E-state index contributed by atoms with van der Waals surface area (Å²) in [6.45, 7) is 1.49. The first-order valence-electron chi connectivity index (χ1n) is 11.5. The Morgan fingerprint density at radius 2 is 1.45 bits per heavy atom. The molecule has 6 rings (SSSR count). The van der Waals surface area contributed by atoms with Crippen molar-refractivity contribution in [2.75, 3.05) is 19.8 Å². The molecule has 2 unspecified atom stereocenters. The molecule has 1 amide bonds. The maximum Gasteiger partial charge on any atom is 0.410 e. The fourth-order valence-corrected chi connectivity index (χ4v) is 6.11. The van der Waals surface area contributed by atoms with Crippen molar-refractivity contribution in [2.45, 2.75) is 43.7 Å². The standard InChI is InChI=1S/C26H27NO4/c28-25(17-13-30-14-17)16-11-18-9-10-19(12-16)27(18)26(29)31-15-24-22-7-3-1-5-20(22)21-6-2-4-8-23(21)24/h1-8,16-19,24H,9-15H2. The summed E-state index contributed by atoms with van der Waals surface area (Å²) in [5, 5.41) is 0. The zero-order valence-electron chi connectivity index (χ0n) is 17.5. The van der Waals surface area contributed by atoms with Crippen LogP contribution in [0, 0.1) is 11.8 Å². The van der Waals surface area contributed by atoms with Gasteiger partial charge in [-0.1, -0.05) is 48.5 Å². The third-order valence-electron chi connectivity index (χ3n) is 7.72. The van der Waals surface area contributed by atoms with E-state index >= 15 is 0 Å². The molecule has 0 saturated carbocycles. The van der Waals surface area contributed by atoms with Gasteiger partial charge in [0.2, 0.25) is 0 Å². The molecule has 160 valence electrons. The van der Waals surface area contributed by atoms with Gasteiger partial charge in [0.15, 0.2) is 0 Å². The molecule has 4 aliphatic rings. The molecule has 0 radical (unpaired) electrons. The van der Waals surface area contributed by atoms with Crippen molar-refractivity contribution >= 4 is 11.9 Å². The Hall–Kier alpha value is -2.66. The predicted molar refractivity (Wildman–Crippen MR) is 116 cm³/mol. The first-order chi connectivity index (χ1) is 15.2. The van der Waals surface area contributed by atoms with Gasteiger partial charge in [-0.05, 0) is 47.9 Å². The predicted octanol–water partition coefficient (Wildman–Crippen LogP) is 4.39. The van der Waals surface area contributed by atoms with E-state index in [1.54, 1.807) is 0 Å². The molecule has 31 heavy (non-hydrogen) atoms. The van der Waals surface area contributed by atoms with E-state index in [0.29, 0.717) is 25.6 Å². The molecule has 2 aromatic rings. The van der Waals surface area contributed by atoms with Gasteiger partial charge in [0.25, 0.3) is 0 Å². The largest absolute Gasteiger partial charge is 0.448 e. The number of ether oxygens (including phenoxy) is 2. The summed E-state index contributed by atoms with van der Waals surface area (Å²) in [4.78, 5) is 27.7. The van der Waals surface area contributed by atoms with Gasteiger partial charge in [0.1, 0.15) is 12.4 Å². The van der Waals surface area contributed by atoms with Crippen LogP contribution in [0.2, 0.25) is 0 Å². The number of hydrogen-bond donors (Lipinski definition) is 0. The molecule has 5 heteroatoms. The van der Waals surface area contributed by atoms with E-state index in [9.17, 15) is 9.59 Å². The number of benzene rings is 2. The van der Waals surface area contributed by atoms with Crippen molar-refractivity contribution in [1.29, 1.82) is 0 Å². The summed E-state index contributed by atoms with van der Waals surface area (Å²) in [5.74, 6) is 0.566. The highest BCUT2D eigenvalue weighted by atomic mass is 16.6. The minimum Gasteiger partial charge on any atom is -0.448 e. The van der Waals surface area contributed by atoms with Crippen LogP contribution in [0.25, 0.3) is 11.1 Å². The average molecular weight is 418 g/mol. The van der Waals surface area contributed by atoms with Crippen molar-refractivity contribution in [3.63, 3.8) is 0 Å². The molecule has 1 aliphatic carbocycles. The zero-order chi connectivity index (χ0) is 20.9. The second-order valence-corrected chi connectivity index (χ2v) is 9.40. The van der Waals surface area contributed by atoms with Crippen LogP contribution in [-0.2, 0) is 14.3 Å². The zero-order valence-corrected chi connectivity index (χ0v) is 17.5. The normalized spacial score (nSPS) is 26.8. The van der Waals surface area contributed by atoms with Crippen molar-refractivity contribution < 1.29 is 19.1 Å². The van der Waals surface area contributed by atoms with Crippen LogP contribution < -0.4 is 0 Å². The molecular weight excluding hydrogens is 390 g/mol. The van der Waals surface area contributed by atoms with Crippen LogP contribution in [-0.4, -0.2) is 48.7 Å². The Kier molecular flexibility index (Phi) is 4.60. The summed E-state index contributed by atoms with van der Waals surface area (Å²) in [6.07, 6.45) is 3.28. The van der Waals surface area contributed by atoms with Crippen LogP contribution in [0.15, 0.2) is 48.5 Å². The van der Waals surface area contributed by atoms with Gasteiger partial charge >= 0.3 is 6.09 Å². The topological polar surface area (TPSA) is 55.8 Å². The molecule has 3 aliphatic heterocycles. The van der Waals surface area contributed by atoms with Crippen LogP contribution in [0.3, 0.4) is 0 Å². The third-order valence-corrected chi connectivity index (χ3v) is 7.72. The molecule has 3 fully saturated rings. The summed E-state index contributed by atoms with van der Waals surface area (Å²) in [5.41, 5.74) is 4.93. The number of hydrogen-bond acceptors (Lipinski definition) is 4. The van der Waals surface area contributed by atoms with E-state index in [4.69, 9.17) is 9.47 Å². The first-order valence-corrected chi connectivity index (χ1v) is 11.5. The number of piperidine rings is 1. The van der Waals surface area contributed by atoms with Gasteiger partial charge < -0.3 is 14.4 Å². The Balaban J connectivity index is 1.15. The highest BCUT2D eigenvalue weighted by molar-refractivity contribution is 5.85. The van der Waals surface area contributed by atoms with Crippen LogP contribution in [0.1, 0.15) is 42.7 Å². The number of nitrogens with zero attached hydrogens (tertiary/aromatic N) is 1. The number of Topliss-reactive ketones (excluding diaryl/α,β-unsaturated/α-hetero) is 1. The van der Waals surface area contributed by atoms with Gasteiger partial charge in [-0.15, -0.1) is 0 Å². The van der Waals surface area contributed by atoms with E-state index < -0.39 is 0 Å². The molecular formula is C26H27NO4. The lowest BCUT2D eigenvalue weighted by Gasteiger charge is -2.39. The summed E-state index contributed by atoms with van der Waals surface area (Å²) >= 11 is 0. The van der Waals surface area contributed by atoms with Gasteiger partial charge in [-0.2, -0.15) is 0 Å².